The van der Waals surface area contributed by atoms with Crippen LogP contribution in [0.2, 0.25) is 0 Å². The molecule has 0 atom stereocenters. The van der Waals surface area contributed by atoms with Crippen LogP contribution in [0.3, 0.4) is 0 Å². The van der Waals surface area contributed by atoms with Crippen LogP contribution in [0.15, 0.2) is 24.3 Å². The molecule has 0 unspecified atom stereocenters. The van der Waals surface area contributed by atoms with Gasteiger partial charge in [0.2, 0.25) is 11.8 Å². The molecule has 1 rings (SSSR count). The second kappa shape index (κ2) is 6.76. The minimum atomic E-state index is -0.0883. The van der Waals surface area contributed by atoms with Gasteiger partial charge in [-0.25, -0.2) is 0 Å². The molecule has 1 aromatic rings. The lowest BCUT2D eigenvalue weighted by Gasteiger charge is -2.10. The number of benzene rings is 1. The van der Waals surface area contributed by atoms with Crippen LogP contribution in [0.4, 0.5) is 5.69 Å². The number of amides is 2. The molecule has 5 heteroatoms. The zero-order chi connectivity index (χ0) is 13.5. The predicted octanol–water partition coefficient (Wildman–Crippen LogP) is 0.475. The molecule has 0 aliphatic heterocycles. The average molecular weight is 249 g/mol. The molecule has 98 valence electrons. The van der Waals surface area contributed by atoms with Gasteiger partial charge in [0, 0.05) is 19.8 Å². The van der Waals surface area contributed by atoms with E-state index in [2.05, 4.69) is 10.6 Å². The van der Waals surface area contributed by atoms with Gasteiger partial charge >= 0.3 is 0 Å². The number of carbonyl (C=O) groups is 2. The van der Waals surface area contributed by atoms with E-state index in [0.717, 1.165) is 11.3 Å². The third-order valence-corrected chi connectivity index (χ3v) is 2.43. The fourth-order valence-electron chi connectivity index (χ4n) is 1.40. The summed E-state index contributed by atoms with van der Waals surface area (Å²) in [4.78, 5) is 24.4. The van der Waals surface area contributed by atoms with E-state index in [9.17, 15) is 9.59 Å². The Kier molecular flexibility index (Phi) is 5.32. The molecule has 1 aromatic carbocycles. The van der Waals surface area contributed by atoms with Crippen molar-refractivity contribution in [3.8, 4) is 0 Å². The topological polar surface area (TPSA) is 61.4 Å². The van der Waals surface area contributed by atoms with Crippen LogP contribution in [0.1, 0.15) is 5.56 Å². The minimum Gasteiger partial charge on any atom is -0.349 e. The molecule has 0 aliphatic rings. The lowest BCUT2D eigenvalue weighted by molar-refractivity contribution is -0.128. The van der Waals surface area contributed by atoms with Crippen molar-refractivity contribution in [2.75, 3.05) is 33.0 Å². The van der Waals surface area contributed by atoms with Crippen molar-refractivity contribution in [1.29, 1.82) is 0 Å². The lowest BCUT2D eigenvalue weighted by atomic mass is 10.1. The summed E-state index contributed by atoms with van der Waals surface area (Å²) in [5.74, 6) is -0.0309. The second-order valence-corrected chi connectivity index (χ2v) is 4.24. The largest absolute Gasteiger partial charge is 0.349 e. The molecule has 0 spiro atoms. The zero-order valence-electron chi connectivity index (χ0n) is 11.0. The van der Waals surface area contributed by atoms with Crippen LogP contribution in [0, 0.1) is 0 Å². The molecule has 0 aliphatic carbocycles. The van der Waals surface area contributed by atoms with Crippen molar-refractivity contribution >= 4 is 17.5 Å². The maximum Gasteiger partial charge on any atom is 0.238 e. The Morgan fingerprint density at radius 3 is 2.28 bits per heavy atom. The van der Waals surface area contributed by atoms with Gasteiger partial charge in [0.15, 0.2) is 0 Å². The molecule has 0 heterocycles. The van der Waals surface area contributed by atoms with E-state index in [0.29, 0.717) is 6.42 Å². The van der Waals surface area contributed by atoms with Gasteiger partial charge < -0.3 is 15.5 Å². The summed E-state index contributed by atoms with van der Waals surface area (Å²) in [6.07, 6.45) is 0.373. The smallest absolute Gasteiger partial charge is 0.238 e. The molecule has 0 aromatic heterocycles. The highest BCUT2D eigenvalue weighted by Crippen LogP contribution is 2.10. The molecule has 0 saturated carbocycles. The van der Waals surface area contributed by atoms with E-state index < -0.39 is 0 Å². The number of likely N-dealkylation sites (N-methyl/N-ethyl adjacent to an activating group) is 2. The summed E-state index contributed by atoms with van der Waals surface area (Å²) in [7, 11) is 5.18. The molecular formula is C13H19N3O2. The summed E-state index contributed by atoms with van der Waals surface area (Å²) in [6, 6.07) is 7.28. The normalized spacial score (nSPS) is 9.94. The molecule has 18 heavy (non-hydrogen) atoms. The van der Waals surface area contributed by atoms with Gasteiger partial charge in [0.05, 0.1) is 13.0 Å². The second-order valence-electron chi connectivity index (χ2n) is 4.24. The molecule has 0 saturated heterocycles. The molecule has 2 N–H and O–H groups in total. The number of carbonyl (C=O) groups excluding carboxylic acids is 2. The Balaban J connectivity index is 2.57. The fourth-order valence-corrected chi connectivity index (χ4v) is 1.40. The fraction of sp³-hybridized carbons (Fsp3) is 0.385. The highest BCUT2D eigenvalue weighted by atomic mass is 16.2. The van der Waals surface area contributed by atoms with E-state index in [1.807, 2.05) is 12.1 Å². The van der Waals surface area contributed by atoms with Crippen molar-refractivity contribution in [1.82, 2.24) is 10.2 Å². The summed E-state index contributed by atoms with van der Waals surface area (Å²) in [5.41, 5.74) is 1.66. The number of anilines is 1. The third-order valence-electron chi connectivity index (χ3n) is 2.43. The van der Waals surface area contributed by atoms with Crippen LogP contribution in [-0.2, 0) is 16.0 Å². The van der Waals surface area contributed by atoms with E-state index >= 15 is 0 Å². The van der Waals surface area contributed by atoms with Crippen molar-refractivity contribution in [3.63, 3.8) is 0 Å². The van der Waals surface area contributed by atoms with Crippen molar-refractivity contribution in [2.45, 2.75) is 6.42 Å². The first-order valence-electron chi connectivity index (χ1n) is 5.76. The van der Waals surface area contributed by atoms with Gasteiger partial charge in [-0.1, -0.05) is 12.1 Å². The Morgan fingerprint density at radius 1 is 1.17 bits per heavy atom. The Morgan fingerprint density at radius 2 is 1.78 bits per heavy atom. The van der Waals surface area contributed by atoms with Gasteiger partial charge in [-0.15, -0.1) is 0 Å². The molecule has 0 radical (unpaired) electrons. The zero-order valence-corrected chi connectivity index (χ0v) is 11.0. The third kappa shape index (κ3) is 4.55. The van der Waals surface area contributed by atoms with Gasteiger partial charge in [-0.2, -0.15) is 0 Å². The summed E-state index contributed by atoms with van der Waals surface area (Å²) in [5, 5.41) is 5.52. The van der Waals surface area contributed by atoms with Crippen LogP contribution in [0.5, 0.6) is 0 Å². The number of hydrogen-bond acceptors (Lipinski definition) is 3. The van der Waals surface area contributed by atoms with E-state index in [-0.39, 0.29) is 18.4 Å². The predicted molar refractivity (Wildman–Crippen MR) is 71.4 cm³/mol. The minimum absolute atomic E-state index is 0.0574. The summed E-state index contributed by atoms with van der Waals surface area (Å²) < 4.78 is 0. The highest BCUT2D eigenvalue weighted by Gasteiger charge is 2.06. The number of rotatable bonds is 5. The highest BCUT2D eigenvalue weighted by molar-refractivity contribution is 5.92. The first-order valence-corrected chi connectivity index (χ1v) is 5.76. The van der Waals surface area contributed by atoms with Gasteiger partial charge in [0.25, 0.3) is 0 Å². The van der Waals surface area contributed by atoms with Crippen molar-refractivity contribution < 1.29 is 9.59 Å². The lowest BCUT2D eigenvalue weighted by Crippen LogP contribution is -2.25. The Bertz CT molecular complexity index is 413. The maximum absolute atomic E-state index is 11.5. The van der Waals surface area contributed by atoms with Gasteiger partial charge in [-0.3, -0.25) is 9.59 Å². The SMILES string of the molecule is CNCC(=O)Nc1ccc(CC(=O)N(C)C)cc1. The van der Waals surface area contributed by atoms with Crippen molar-refractivity contribution in [2.24, 2.45) is 0 Å². The van der Waals surface area contributed by atoms with Crippen molar-refractivity contribution in [3.05, 3.63) is 29.8 Å². The Hall–Kier alpha value is -1.88. The number of nitrogens with one attached hydrogen (secondary N) is 2. The molecule has 5 nitrogen and oxygen atoms in total. The summed E-state index contributed by atoms with van der Waals surface area (Å²) in [6.45, 7) is 0.279. The Labute approximate surface area is 107 Å². The first kappa shape index (κ1) is 14.2. The van der Waals surface area contributed by atoms with E-state index in [1.54, 1.807) is 38.2 Å². The van der Waals surface area contributed by atoms with Crippen LogP contribution in [0.25, 0.3) is 0 Å². The van der Waals surface area contributed by atoms with Crippen LogP contribution >= 0.6 is 0 Å². The quantitative estimate of drug-likeness (QED) is 0.797. The monoisotopic (exact) mass is 249 g/mol. The number of hydrogen-bond donors (Lipinski definition) is 2. The first-order chi connectivity index (χ1) is 8.52. The van der Waals surface area contributed by atoms with E-state index in [4.69, 9.17) is 0 Å². The number of nitrogens with zero attached hydrogens (tertiary/aromatic N) is 1. The van der Waals surface area contributed by atoms with Gasteiger partial charge in [0.1, 0.15) is 0 Å². The average Bonchev–Trinajstić information content (AvgIpc) is 2.31. The van der Waals surface area contributed by atoms with Crippen LogP contribution in [-0.4, -0.2) is 44.4 Å². The van der Waals surface area contributed by atoms with E-state index in [1.165, 1.54) is 0 Å². The summed E-state index contributed by atoms with van der Waals surface area (Å²) >= 11 is 0. The van der Waals surface area contributed by atoms with Gasteiger partial charge in [-0.05, 0) is 24.7 Å². The molecule has 0 fully saturated rings. The maximum atomic E-state index is 11.5. The molecule has 2 amide bonds. The standard InChI is InChI=1S/C13H19N3O2/c1-14-9-12(17)15-11-6-4-10(5-7-11)8-13(18)16(2)3/h4-7,14H,8-9H2,1-3H3,(H,15,17). The molecule has 0 bridgehead atoms. The molecular weight excluding hydrogens is 230 g/mol. The van der Waals surface area contributed by atoms with Crippen LogP contribution < -0.4 is 10.6 Å².